The normalized spacial score (nSPS) is 12.8. The fourth-order valence-electron chi connectivity index (χ4n) is 1.49. The van der Waals surface area contributed by atoms with E-state index in [0.717, 1.165) is 0 Å². The SMILES string of the molecule is CCS(=O)(=O)Nc1ccc(NC(=O)CC(C)CN)cc1. The molecule has 7 heteroatoms. The molecule has 1 aromatic rings. The Hall–Kier alpha value is -1.60. The number of carbonyl (C=O) groups is 1. The second kappa shape index (κ2) is 7.25. The molecule has 0 radical (unpaired) electrons. The van der Waals surface area contributed by atoms with Gasteiger partial charge in [-0.25, -0.2) is 8.42 Å². The highest BCUT2D eigenvalue weighted by Crippen LogP contribution is 2.15. The lowest BCUT2D eigenvalue weighted by molar-refractivity contribution is -0.116. The molecule has 1 amide bonds. The van der Waals surface area contributed by atoms with Crippen molar-refractivity contribution >= 4 is 27.3 Å². The van der Waals surface area contributed by atoms with E-state index in [1.807, 2.05) is 6.92 Å². The van der Waals surface area contributed by atoms with Crippen LogP contribution in [-0.2, 0) is 14.8 Å². The van der Waals surface area contributed by atoms with Crippen LogP contribution in [0.25, 0.3) is 0 Å². The zero-order valence-electron chi connectivity index (χ0n) is 11.7. The summed E-state index contributed by atoms with van der Waals surface area (Å²) < 4.78 is 25.2. The number of hydrogen-bond acceptors (Lipinski definition) is 4. The average Bonchev–Trinajstić information content (AvgIpc) is 2.40. The molecule has 6 nitrogen and oxygen atoms in total. The van der Waals surface area contributed by atoms with E-state index in [1.54, 1.807) is 31.2 Å². The monoisotopic (exact) mass is 299 g/mol. The molecule has 0 saturated carbocycles. The van der Waals surface area contributed by atoms with Gasteiger partial charge in [0.25, 0.3) is 0 Å². The Bertz CT molecular complexity index is 540. The summed E-state index contributed by atoms with van der Waals surface area (Å²) in [6, 6.07) is 6.52. The van der Waals surface area contributed by atoms with Crippen LogP contribution in [0.15, 0.2) is 24.3 Å². The van der Waals surface area contributed by atoms with Crippen LogP contribution < -0.4 is 15.8 Å². The number of carbonyl (C=O) groups excluding carboxylic acids is 1. The third-order valence-corrected chi connectivity index (χ3v) is 4.07. The van der Waals surface area contributed by atoms with Gasteiger partial charge in [0.1, 0.15) is 0 Å². The lowest BCUT2D eigenvalue weighted by Crippen LogP contribution is -2.20. The maximum atomic E-state index is 11.7. The molecule has 1 aromatic carbocycles. The van der Waals surface area contributed by atoms with Crippen LogP contribution in [-0.4, -0.2) is 26.6 Å². The first kappa shape index (κ1) is 16.5. The summed E-state index contributed by atoms with van der Waals surface area (Å²) in [5, 5.41) is 2.74. The molecular weight excluding hydrogens is 278 g/mol. The standard InChI is InChI=1S/C13H21N3O3S/c1-3-20(18,19)16-12-6-4-11(5-7-12)15-13(17)8-10(2)9-14/h4-7,10,16H,3,8-9,14H2,1-2H3,(H,15,17). The molecule has 4 N–H and O–H groups in total. The van der Waals surface area contributed by atoms with Gasteiger partial charge in [0.2, 0.25) is 15.9 Å². The first-order valence-electron chi connectivity index (χ1n) is 6.46. The van der Waals surface area contributed by atoms with Crippen LogP contribution in [0.5, 0.6) is 0 Å². The number of amides is 1. The molecule has 0 aliphatic heterocycles. The van der Waals surface area contributed by atoms with Gasteiger partial charge in [0.15, 0.2) is 0 Å². The van der Waals surface area contributed by atoms with E-state index in [2.05, 4.69) is 10.0 Å². The zero-order chi connectivity index (χ0) is 15.2. The smallest absolute Gasteiger partial charge is 0.232 e. The quantitative estimate of drug-likeness (QED) is 0.707. The third-order valence-electron chi connectivity index (χ3n) is 2.76. The van der Waals surface area contributed by atoms with Gasteiger partial charge in [-0.3, -0.25) is 9.52 Å². The lowest BCUT2D eigenvalue weighted by atomic mass is 10.1. The molecule has 0 aliphatic carbocycles. The first-order valence-corrected chi connectivity index (χ1v) is 8.12. The van der Waals surface area contributed by atoms with E-state index in [9.17, 15) is 13.2 Å². The van der Waals surface area contributed by atoms with Gasteiger partial charge in [-0.15, -0.1) is 0 Å². The Morgan fingerprint density at radius 3 is 2.30 bits per heavy atom. The summed E-state index contributed by atoms with van der Waals surface area (Å²) in [4.78, 5) is 11.7. The summed E-state index contributed by atoms with van der Waals surface area (Å²) in [5.74, 6) is 0.0399. The summed E-state index contributed by atoms with van der Waals surface area (Å²) in [7, 11) is -3.28. The molecule has 0 spiro atoms. The van der Waals surface area contributed by atoms with Gasteiger partial charge >= 0.3 is 0 Å². The van der Waals surface area contributed by atoms with Crippen molar-refractivity contribution in [2.24, 2.45) is 11.7 Å². The third kappa shape index (κ3) is 5.58. The Kier molecular flexibility index (Phi) is 5.97. The van der Waals surface area contributed by atoms with Gasteiger partial charge in [-0.1, -0.05) is 6.92 Å². The van der Waals surface area contributed by atoms with E-state index < -0.39 is 10.0 Å². The maximum Gasteiger partial charge on any atom is 0.232 e. The van der Waals surface area contributed by atoms with Gasteiger partial charge in [0, 0.05) is 17.8 Å². The number of nitrogens with two attached hydrogens (primary N) is 1. The zero-order valence-corrected chi connectivity index (χ0v) is 12.5. The minimum absolute atomic E-state index is 0.0163. The Morgan fingerprint density at radius 1 is 1.25 bits per heavy atom. The summed E-state index contributed by atoms with van der Waals surface area (Å²) >= 11 is 0. The van der Waals surface area contributed by atoms with E-state index in [-0.39, 0.29) is 17.6 Å². The van der Waals surface area contributed by atoms with Crippen molar-refractivity contribution in [2.75, 3.05) is 22.3 Å². The molecule has 1 unspecified atom stereocenters. The highest BCUT2D eigenvalue weighted by Gasteiger charge is 2.09. The molecule has 112 valence electrons. The highest BCUT2D eigenvalue weighted by atomic mass is 32.2. The minimum Gasteiger partial charge on any atom is -0.330 e. The lowest BCUT2D eigenvalue weighted by Gasteiger charge is -2.10. The van der Waals surface area contributed by atoms with Crippen LogP contribution in [0.4, 0.5) is 11.4 Å². The predicted octanol–water partition coefficient (Wildman–Crippen LogP) is 1.37. The van der Waals surface area contributed by atoms with Crippen LogP contribution in [0.2, 0.25) is 0 Å². The highest BCUT2D eigenvalue weighted by molar-refractivity contribution is 7.92. The van der Waals surface area contributed by atoms with Gasteiger partial charge < -0.3 is 11.1 Å². The van der Waals surface area contributed by atoms with Crippen molar-refractivity contribution in [3.63, 3.8) is 0 Å². The minimum atomic E-state index is -3.28. The number of anilines is 2. The van der Waals surface area contributed by atoms with E-state index in [1.165, 1.54) is 0 Å². The predicted molar refractivity (Wildman–Crippen MR) is 81.0 cm³/mol. The van der Waals surface area contributed by atoms with Crippen LogP contribution in [0.1, 0.15) is 20.3 Å². The molecule has 0 bridgehead atoms. The summed E-state index contributed by atoms with van der Waals surface area (Å²) in [6.45, 7) is 3.93. The van der Waals surface area contributed by atoms with Crippen LogP contribution in [0, 0.1) is 5.92 Å². The molecule has 1 atom stereocenters. The van der Waals surface area contributed by atoms with Crippen molar-refractivity contribution < 1.29 is 13.2 Å². The summed E-state index contributed by atoms with van der Waals surface area (Å²) in [5.41, 5.74) is 6.56. The first-order chi connectivity index (χ1) is 9.36. The van der Waals surface area contributed by atoms with Crippen molar-refractivity contribution in [3.05, 3.63) is 24.3 Å². The largest absolute Gasteiger partial charge is 0.330 e. The Labute approximate surface area is 119 Å². The number of benzene rings is 1. The molecule has 0 aromatic heterocycles. The summed E-state index contributed by atoms with van der Waals surface area (Å²) in [6.07, 6.45) is 0.362. The molecular formula is C13H21N3O3S. The maximum absolute atomic E-state index is 11.7. The molecule has 20 heavy (non-hydrogen) atoms. The van der Waals surface area contributed by atoms with Crippen molar-refractivity contribution in [1.82, 2.24) is 0 Å². The van der Waals surface area contributed by atoms with Gasteiger partial charge in [0.05, 0.1) is 5.75 Å². The van der Waals surface area contributed by atoms with Crippen molar-refractivity contribution in [2.45, 2.75) is 20.3 Å². The van der Waals surface area contributed by atoms with Gasteiger partial charge in [-0.05, 0) is 43.7 Å². The molecule has 0 heterocycles. The van der Waals surface area contributed by atoms with Gasteiger partial charge in [-0.2, -0.15) is 0 Å². The molecule has 0 fully saturated rings. The molecule has 0 aliphatic rings. The van der Waals surface area contributed by atoms with E-state index in [0.29, 0.717) is 24.3 Å². The number of nitrogens with one attached hydrogen (secondary N) is 2. The second-order valence-electron chi connectivity index (χ2n) is 4.68. The second-order valence-corrected chi connectivity index (χ2v) is 6.69. The van der Waals surface area contributed by atoms with Crippen molar-refractivity contribution in [3.8, 4) is 0 Å². The molecule has 0 saturated heterocycles. The van der Waals surface area contributed by atoms with E-state index in [4.69, 9.17) is 5.73 Å². The topological polar surface area (TPSA) is 101 Å². The fourth-order valence-corrected chi connectivity index (χ4v) is 2.12. The average molecular weight is 299 g/mol. The Balaban J connectivity index is 2.61. The molecule has 1 rings (SSSR count). The number of sulfonamides is 1. The Morgan fingerprint density at radius 2 is 1.80 bits per heavy atom. The number of rotatable bonds is 7. The fraction of sp³-hybridized carbons (Fsp3) is 0.462. The van der Waals surface area contributed by atoms with Crippen LogP contribution >= 0.6 is 0 Å². The number of hydrogen-bond donors (Lipinski definition) is 3. The van der Waals surface area contributed by atoms with E-state index >= 15 is 0 Å². The van der Waals surface area contributed by atoms with Crippen LogP contribution in [0.3, 0.4) is 0 Å². The van der Waals surface area contributed by atoms with Crippen molar-refractivity contribution in [1.29, 1.82) is 0 Å².